The standard InChI is InChI=1S/C11H16N4O.C2H6/c1-7(2)10-4-9(12)11(8(3)15-10)14-5-13-6-16;1-2/h4-7H,1-3H3,(H2,12,15)(H,13,14,16);1-2H3. The zero-order valence-corrected chi connectivity index (χ0v) is 11.7. The molecule has 0 aliphatic carbocycles. The number of carbonyl (C=O) groups excluding carboxylic acids is 1. The largest absolute Gasteiger partial charge is 0.397 e. The first-order valence-electron chi connectivity index (χ1n) is 6.05. The van der Waals surface area contributed by atoms with E-state index in [1.54, 1.807) is 0 Å². The van der Waals surface area contributed by atoms with Crippen LogP contribution in [0.5, 0.6) is 0 Å². The van der Waals surface area contributed by atoms with Gasteiger partial charge in [0.2, 0.25) is 6.41 Å². The van der Waals surface area contributed by atoms with Gasteiger partial charge in [-0.1, -0.05) is 27.7 Å². The predicted octanol–water partition coefficient (Wildman–Crippen LogP) is 2.53. The molecule has 18 heavy (non-hydrogen) atoms. The van der Waals surface area contributed by atoms with Gasteiger partial charge in [0.25, 0.3) is 0 Å². The molecule has 0 radical (unpaired) electrons. The number of hydrogen-bond donors (Lipinski definition) is 2. The molecule has 1 rings (SSSR count). The molecular formula is C13H22N4O. The summed E-state index contributed by atoms with van der Waals surface area (Å²) in [7, 11) is 0. The van der Waals surface area contributed by atoms with Gasteiger partial charge in [-0.3, -0.25) is 9.78 Å². The summed E-state index contributed by atoms with van der Waals surface area (Å²) in [6, 6.07) is 1.81. The zero-order valence-electron chi connectivity index (χ0n) is 11.7. The van der Waals surface area contributed by atoms with Gasteiger partial charge in [-0.15, -0.1) is 0 Å². The Hall–Kier alpha value is -1.91. The van der Waals surface area contributed by atoms with Gasteiger partial charge in [-0.2, -0.15) is 0 Å². The molecule has 1 heterocycles. The molecule has 0 saturated heterocycles. The van der Waals surface area contributed by atoms with Crippen LogP contribution < -0.4 is 11.1 Å². The Bertz CT molecular complexity index is 390. The number of nitrogens with zero attached hydrogens (tertiary/aromatic N) is 2. The van der Waals surface area contributed by atoms with E-state index in [2.05, 4.69) is 29.1 Å². The van der Waals surface area contributed by atoms with Gasteiger partial charge in [0.05, 0.1) is 17.7 Å². The van der Waals surface area contributed by atoms with Crippen molar-refractivity contribution in [3.05, 3.63) is 17.5 Å². The Balaban J connectivity index is 0.00000137. The third-order valence-corrected chi connectivity index (χ3v) is 2.14. The number of pyridine rings is 1. The van der Waals surface area contributed by atoms with Crippen molar-refractivity contribution in [2.24, 2.45) is 4.99 Å². The normalized spacial score (nSPS) is 10.1. The number of anilines is 1. The first-order valence-corrected chi connectivity index (χ1v) is 6.05. The highest BCUT2D eigenvalue weighted by Crippen LogP contribution is 2.27. The minimum atomic E-state index is 0.326. The average molecular weight is 250 g/mol. The van der Waals surface area contributed by atoms with Crippen molar-refractivity contribution in [2.45, 2.75) is 40.5 Å². The molecule has 0 aliphatic heterocycles. The van der Waals surface area contributed by atoms with Crippen LogP contribution >= 0.6 is 0 Å². The highest BCUT2D eigenvalue weighted by molar-refractivity contribution is 5.77. The van der Waals surface area contributed by atoms with Gasteiger partial charge in [-0.25, -0.2) is 4.99 Å². The summed E-state index contributed by atoms with van der Waals surface area (Å²) >= 11 is 0. The molecule has 0 aromatic carbocycles. The predicted molar refractivity (Wildman–Crippen MR) is 76.2 cm³/mol. The molecule has 5 nitrogen and oxygen atoms in total. The van der Waals surface area contributed by atoms with Crippen LogP contribution in [-0.4, -0.2) is 17.7 Å². The number of rotatable bonds is 4. The van der Waals surface area contributed by atoms with E-state index in [0.29, 0.717) is 23.7 Å². The lowest BCUT2D eigenvalue weighted by Crippen LogP contribution is -2.06. The van der Waals surface area contributed by atoms with Crippen LogP contribution in [0.3, 0.4) is 0 Å². The number of nitrogens with two attached hydrogens (primary N) is 1. The molecule has 1 aromatic rings. The highest BCUT2D eigenvalue weighted by atomic mass is 16.1. The summed E-state index contributed by atoms with van der Waals surface area (Å²) in [5.41, 5.74) is 8.74. The smallest absolute Gasteiger partial charge is 0.212 e. The van der Waals surface area contributed by atoms with Crippen molar-refractivity contribution in [1.29, 1.82) is 0 Å². The maximum atomic E-state index is 10.1. The second kappa shape index (κ2) is 8.22. The molecule has 0 atom stereocenters. The summed E-state index contributed by atoms with van der Waals surface area (Å²) in [6.45, 7) is 9.95. The molecule has 0 aliphatic rings. The minimum Gasteiger partial charge on any atom is -0.397 e. The summed E-state index contributed by atoms with van der Waals surface area (Å²) in [6.07, 6.45) is 1.84. The summed E-state index contributed by atoms with van der Waals surface area (Å²) < 4.78 is 0. The van der Waals surface area contributed by atoms with Crippen LogP contribution in [0.2, 0.25) is 0 Å². The van der Waals surface area contributed by atoms with Crippen LogP contribution in [-0.2, 0) is 4.79 Å². The van der Waals surface area contributed by atoms with E-state index >= 15 is 0 Å². The van der Waals surface area contributed by atoms with Gasteiger partial charge in [0, 0.05) is 5.69 Å². The molecule has 1 amide bonds. The number of amides is 1. The van der Waals surface area contributed by atoms with Crippen LogP contribution in [0, 0.1) is 6.92 Å². The van der Waals surface area contributed by atoms with Crippen molar-refractivity contribution in [1.82, 2.24) is 10.3 Å². The van der Waals surface area contributed by atoms with E-state index in [0.717, 1.165) is 11.4 Å². The zero-order chi connectivity index (χ0) is 14.1. The Labute approximate surface area is 109 Å². The molecule has 5 heteroatoms. The lowest BCUT2D eigenvalue weighted by Gasteiger charge is -2.09. The fourth-order valence-corrected chi connectivity index (χ4v) is 1.31. The number of nitrogen functional groups attached to an aromatic ring is 1. The van der Waals surface area contributed by atoms with E-state index in [-0.39, 0.29) is 0 Å². The van der Waals surface area contributed by atoms with E-state index in [1.807, 2.05) is 26.8 Å². The van der Waals surface area contributed by atoms with Gasteiger partial charge >= 0.3 is 0 Å². The van der Waals surface area contributed by atoms with E-state index < -0.39 is 0 Å². The third kappa shape index (κ3) is 4.53. The van der Waals surface area contributed by atoms with E-state index in [1.165, 1.54) is 6.34 Å². The SMILES string of the molecule is CC.Cc1nc(C(C)C)cc(N)c1N=CNC=O. The fourth-order valence-electron chi connectivity index (χ4n) is 1.31. The van der Waals surface area contributed by atoms with Gasteiger partial charge in [0.1, 0.15) is 5.69 Å². The number of carbonyl (C=O) groups is 1. The van der Waals surface area contributed by atoms with Gasteiger partial charge in [0.15, 0.2) is 0 Å². The van der Waals surface area contributed by atoms with Crippen molar-refractivity contribution < 1.29 is 4.79 Å². The average Bonchev–Trinajstić information content (AvgIpc) is 2.35. The quantitative estimate of drug-likeness (QED) is 0.489. The van der Waals surface area contributed by atoms with Crippen molar-refractivity contribution in [2.75, 3.05) is 5.73 Å². The Kier molecular flexibility index (Phi) is 7.35. The third-order valence-electron chi connectivity index (χ3n) is 2.14. The van der Waals surface area contributed by atoms with Crippen molar-refractivity contribution in [3.8, 4) is 0 Å². The van der Waals surface area contributed by atoms with Crippen molar-refractivity contribution >= 4 is 24.1 Å². The molecule has 100 valence electrons. The first kappa shape index (κ1) is 16.1. The molecule has 0 fully saturated rings. The van der Waals surface area contributed by atoms with E-state index in [9.17, 15) is 4.79 Å². The number of aliphatic imine (C=N–C) groups is 1. The lowest BCUT2D eigenvalue weighted by molar-refractivity contribution is -0.108. The molecule has 1 aromatic heterocycles. The topological polar surface area (TPSA) is 80.4 Å². The minimum absolute atomic E-state index is 0.326. The first-order chi connectivity index (χ1) is 8.56. The number of aryl methyl sites for hydroxylation is 1. The van der Waals surface area contributed by atoms with Crippen LogP contribution in [0.4, 0.5) is 11.4 Å². The van der Waals surface area contributed by atoms with E-state index in [4.69, 9.17) is 5.73 Å². The lowest BCUT2D eigenvalue weighted by atomic mass is 10.1. The van der Waals surface area contributed by atoms with Gasteiger partial charge < -0.3 is 11.1 Å². The van der Waals surface area contributed by atoms with Gasteiger partial charge in [-0.05, 0) is 18.9 Å². The summed E-state index contributed by atoms with van der Waals surface area (Å²) in [4.78, 5) is 18.5. The Morgan fingerprint density at radius 3 is 2.50 bits per heavy atom. The molecule has 0 bridgehead atoms. The second-order valence-electron chi connectivity index (χ2n) is 3.77. The van der Waals surface area contributed by atoms with Crippen LogP contribution in [0.25, 0.3) is 0 Å². The maximum absolute atomic E-state index is 10.1. The number of nitrogens with one attached hydrogen (secondary N) is 1. The molecular weight excluding hydrogens is 228 g/mol. The highest BCUT2D eigenvalue weighted by Gasteiger charge is 2.08. The van der Waals surface area contributed by atoms with Crippen molar-refractivity contribution in [3.63, 3.8) is 0 Å². The van der Waals surface area contributed by atoms with Crippen LogP contribution in [0.1, 0.15) is 45.0 Å². The molecule has 0 saturated carbocycles. The molecule has 0 spiro atoms. The number of hydrogen-bond acceptors (Lipinski definition) is 4. The Morgan fingerprint density at radius 1 is 1.44 bits per heavy atom. The second-order valence-corrected chi connectivity index (χ2v) is 3.77. The summed E-state index contributed by atoms with van der Waals surface area (Å²) in [5, 5.41) is 2.33. The Morgan fingerprint density at radius 2 is 2.06 bits per heavy atom. The monoisotopic (exact) mass is 250 g/mol. The molecule has 3 N–H and O–H groups in total. The van der Waals surface area contributed by atoms with Crippen LogP contribution in [0.15, 0.2) is 11.1 Å². The summed E-state index contributed by atoms with van der Waals surface area (Å²) in [5.74, 6) is 0.326. The number of aromatic nitrogens is 1. The maximum Gasteiger partial charge on any atom is 0.212 e. The fraction of sp³-hybridized carbons (Fsp3) is 0.462. The molecule has 0 unspecified atom stereocenters.